The average molecular weight is 392 g/mol. The van der Waals surface area contributed by atoms with E-state index in [4.69, 9.17) is 9.47 Å². The molecule has 3 aliphatic rings. The first-order valence-corrected chi connectivity index (χ1v) is 10.1. The lowest BCUT2D eigenvalue weighted by atomic mass is 9.46. The van der Waals surface area contributed by atoms with Gasteiger partial charge in [-0.15, -0.1) is 0 Å². The molecule has 0 aromatic heterocycles. The summed E-state index contributed by atoms with van der Waals surface area (Å²) in [6, 6.07) is 0. The van der Waals surface area contributed by atoms with Gasteiger partial charge < -0.3 is 19.7 Å². The van der Waals surface area contributed by atoms with Crippen molar-refractivity contribution in [2.24, 2.45) is 22.7 Å². The number of hydrogen-bond acceptors (Lipinski definition) is 6. The number of rotatable bonds is 4. The van der Waals surface area contributed by atoms with E-state index in [1.54, 1.807) is 0 Å². The third-order valence-electron chi connectivity index (χ3n) is 7.52. The number of hydrogen-bond donors (Lipinski definition) is 2. The Balaban J connectivity index is 1.87. The molecule has 0 spiro atoms. The Morgan fingerprint density at radius 2 is 2.11 bits per heavy atom. The molecule has 6 heteroatoms. The van der Waals surface area contributed by atoms with E-state index in [1.807, 2.05) is 13.0 Å². The highest BCUT2D eigenvalue weighted by molar-refractivity contribution is 5.92. The zero-order valence-corrected chi connectivity index (χ0v) is 17.1. The van der Waals surface area contributed by atoms with E-state index in [0.29, 0.717) is 18.4 Å². The van der Waals surface area contributed by atoms with Crippen LogP contribution in [-0.2, 0) is 19.1 Å². The van der Waals surface area contributed by atoms with Gasteiger partial charge in [-0.25, -0.2) is 4.79 Å². The van der Waals surface area contributed by atoms with Crippen LogP contribution < -0.4 is 0 Å². The molecule has 1 heterocycles. The predicted molar refractivity (Wildman–Crippen MR) is 103 cm³/mol. The molecule has 2 N–H and O–H groups in total. The van der Waals surface area contributed by atoms with E-state index in [-0.39, 0.29) is 30.5 Å². The van der Waals surface area contributed by atoms with Crippen molar-refractivity contribution >= 4 is 11.9 Å². The predicted octanol–water partition coefficient (Wildman–Crippen LogP) is 2.53. The molecular weight excluding hydrogens is 360 g/mol. The van der Waals surface area contributed by atoms with Gasteiger partial charge in [0.15, 0.2) is 6.10 Å². The van der Waals surface area contributed by atoms with Crippen molar-refractivity contribution < 1.29 is 29.3 Å². The lowest BCUT2D eigenvalue weighted by molar-refractivity contribution is -0.151. The second kappa shape index (κ2) is 7.64. The lowest BCUT2D eigenvalue weighted by Gasteiger charge is -2.59. The SMILES string of the molecule is C=C1CCC2C(C)(CO)C(O)CCC2(C)C1C/C=C1\C(=O)OCC1OC(C)=O. The van der Waals surface area contributed by atoms with Crippen LogP contribution in [0.5, 0.6) is 0 Å². The van der Waals surface area contributed by atoms with Gasteiger partial charge in [0.1, 0.15) is 6.61 Å². The maximum Gasteiger partial charge on any atom is 0.337 e. The van der Waals surface area contributed by atoms with Crippen LogP contribution in [-0.4, -0.2) is 47.6 Å². The largest absolute Gasteiger partial charge is 0.458 e. The highest BCUT2D eigenvalue weighted by Gasteiger charge is 2.57. The van der Waals surface area contributed by atoms with Crippen LogP contribution >= 0.6 is 0 Å². The maximum absolute atomic E-state index is 12.1. The van der Waals surface area contributed by atoms with E-state index in [9.17, 15) is 19.8 Å². The Kier molecular flexibility index (Phi) is 5.74. The van der Waals surface area contributed by atoms with Crippen molar-refractivity contribution in [2.45, 2.75) is 65.1 Å². The van der Waals surface area contributed by atoms with Gasteiger partial charge in [-0.1, -0.05) is 32.1 Å². The van der Waals surface area contributed by atoms with E-state index < -0.39 is 29.6 Å². The minimum Gasteiger partial charge on any atom is -0.458 e. The molecule has 1 aliphatic heterocycles. The van der Waals surface area contributed by atoms with Crippen LogP contribution in [0.2, 0.25) is 0 Å². The standard InChI is InChI=1S/C22H32O6/c1-13-5-8-18-21(3,10-9-19(25)22(18,4)12-23)16(13)7-6-15-17(28-14(2)24)11-27-20(15)26/h6,16-19,23,25H,1,5,7-12H2,2-4H3/b15-6-. The van der Waals surface area contributed by atoms with Gasteiger partial charge in [-0.05, 0) is 49.4 Å². The zero-order chi connectivity index (χ0) is 20.7. The Morgan fingerprint density at radius 3 is 2.75 bits per heavy atom. The number of allylic oxidation sites excluding steroid dienone is 2. The molecule has 0 aromatic rings. The molecule has 1 saturated heterocycles. The molecule has 3 fully saturated rings. The molecule has 0 bridgehead atoms. The van der Waals surface area contributed by atoms with E-state index in [1.165, 1.54) is 6.92 Å². The van der Waals surface area contributed by atoms with Crippen LogP contribution in [0.1, 0.15) is 52.9 Å². The minimum atomic E-state index is -0.652. The van der Waals surface area contributed by atoms with Crippen molar-refractivity contribution in [1.29, 1.82) is 0 Å². The van der Waals surface area contributed by atoms with Gasteiger partial charge in [-0.3, -0.25) is 4.79 Å². The Morgan fingerprint density at radius 1 is 1.39 bits per heavy atom. The number of carbonyl (C=O) groups excluding carboxylic acids is 2. The first-order valence-electron chi connectivity index (χ1n) is 10.1. The van der Waals surface area contributed by atoms with Crippen molar-refractivity contribution in [3.05, 3.63) is 23.8 Å². The molecule has 2 saturated carbocycles. The highest BCUT2D eigenvalue weighted by atomic mass is 16.6. The molecule has 2 aliphatic carbocycles. The van der Waals surface area contributed by atoms with Gasteiger partial charge in [0.05, 0.1) is 18.3 Å². The van der Waals surface area contributed by atoms with E-state index >= 15 is 0 Å². The number of carbonyl (C=O) groups is 2. The summed E-state index contributed by atoms with van der Waals surface area (Å²) < 4.78 is 10.3. The quantitative estimate of drug-likeness (QED) is 0.434. The Labute approximate surface area is 166 Å². The molecule has 0 amide bonds. The first-order chi connectivity index (χ1) is 13.1. The monoisotopic (exact) mass is 392 g/mol. The Hall–Kier alpha value is -1.66. The normalized spacial score (nSPS) is 42.2. The molecule has 156 valence electrons. The third-order valence-corrected chi connectivity index (χ3v) is 7.52. The zero-order valence-electron chi connectivity index (χ0n) is 17.1. The summed E-state index contributed by atoms with van der Waals surface area (Å²) in [7, 11) is 0. The van der Waals surface area contributed by atoms with Crippen molar-refractivity contribution in [1.82, 2.24) is 0 Å². The lowest BCUT2D eigenvalue weighted by Crippen LogP contribution is -2.57. The van der Waals surface area contributed by atoms with Gasteiger partial charge in [0.25, 0.3) is 0 Å². The van der Waals surface area contributed by atoms with E-state index in [0.717, 1.165) is 24.8 Å². The molecular formula is C22H32O6. The van der Waals surface area contributed by atoms with Crippen LogP contribution in [0.3, 0.4) is 0 Å². The minimum absolute atomic E-state index is 0.0461. The number of cyclic esters (lactones) is 1. The third kappa shape index (κ3) is 3.41. The summed E-state index contributed by atoms with van der Waals surface area (Å²) >= 11 is 0. The smallest absolute Gasteiger partial charge is 0.337 e. The van der Waals surface area contributed by atoms with Crippen LogP contribution in [0.4, 0.5) is 0 Å². The fraction of sp³-hybridized carbons (Fsp3) is 0.727. The number of fused-ring (bicyclic) bond motifs is 1. The van der Waals surface area contributed by atoms with Gasteiger partial charge in [-0.2, -0.15) is 0 Å². The molecule has 0 radical (unpaired) electrons. The van der Waals surface area contributed by atoms with Crippen LogP contribution in [0.25, 0.3) is 0 Å². The molecule has 3 rings (SSSR count). The molecule has 28 heavy (non-hydrogen) atoms. The van der Waals surface area contributed by atoms with E-state index in [2.05, 4.69) is 13.5 Å². The van der Waals surface area contributed by atoms with Gasteiger partial charge in [0, 0.05) is 12.3 Å². The summed E-state index contributed by atoms with van der Waals surface area (Å²) in [4.78, 5) is 23.4. The van der Waals surface area contributed by atoms with Crippen molar-refractivity contribution in [3.63, 3.8) is 0 Å². The number of aliphatic hydroxyl groups excluding tert-OH is 2. The Bertz CT molecular complexity index is 697. The molecule has 6 unspecified atom stereocenters. The number of aliphatic hydroxyl groups is 2. The second-order valence-electron chi connectivity index (χ2n) is 9.12. The highest BCUT2D eigenvalue weighted by Crippen LogP contribution is 2.61. The van der Waals surface area contributed by atoms with Crippen molar-refractivity contribution in [2.75, 3.05) is 13.2 Å². The second-order valence-corrected chi connectivity index (χ2v) is 9.12. The number of ether oxygens (including phenoxy) is 2. The molecule has 0 aromatic carbocycles. The van der Waals surface area contributed by atoms with Gasteiger partial charge in [0.2, 0.25) is 0 Å². The maximum atomic E-state index is 12.1. The summed E-state index contributed by atoms with van der Waals surface area (Å²) in [5.41, 5.74) is 0.881. The first kappa shape index (κ1) is 21.1. The van der Waals surface area contributed by atoms with Crippen LogP contribution in [0.15, 0.2) is 23.8 Å². The van der Waals surface area contributed by atoms with Crippen LogP contribution in [0, 0.1) is 22.7 Å². The van der Waals surface area contributed by atoms with Crippen molar-refractivity contribution in [3.8, 4) is 0 Å². The average Bonchev–Trinajstić information content (AvgIpc) is 2.97. The molecule has 6 nitrogen and oxygen atoms in total. The van der Waals surface area contributed by atoms with Gasteiger partial charge >= 0.3 is 11.9 Å². The fourth-order valence-corrected chi connectivity index (χ4v) is 5.85. The topological polar surface area (TPSA) is 93.1 Å². The summed E-state index contributed by atoms with van der Waals surface area (Å²) in [6.45, 7) is 9.84. The summed E-state index contributed by atoms with van der Waals surface area (Å²) in [5.74, 6) is -0.581. The number of esters is 2. The summed E-state index contributed by atoms with van der Waals surface area (Å²) in [6.07, 6.45) is 4.50. The molecule has 6 atom stereocenters. The fourth-order valence-electron chi connectivity index (χ4n) is 5.85. The summed E-state index contributed by atoms with van der Waals surface area (Å²) in [5, 5.41) is 20.7.